The average molecular weight is 279 g/mol. The monoisotopic (exact) mass is 278 g/mol. The second-order valence-corrected chi connectivity index (χ2v) is 5.05. The van der Waals surface area contributed by atoms with Gasteiger partial charge in [0.05, 0.1) is 17.3 Å². The predicted molar refractivity (Wildman–Crippen MR) is 74.2 cm³/mol. The molecule has 19 heavy (non-hydrogen) atoms. The fourth-order valence-corrected chi connectivity index (χ4v) is 2.93. The van der Waals surface area contributed by atoms with Crippen LogP contribution < -0.4 is 5.73 Å². The number of rotatable bonds is 1. The van der Waals surface area contributed by atoms with Gasteiger partial charge in [0, 0.05) is 6.20 Å². The Balaban J connectivity index is 0.00000110. The average Bonchev–Trinajstić information content (AvgIpc) is 3.05. The largest absolute Gasteiger partial charge is 0.345 e. The number of nitrogens with two attached hydrogens (primary N) is 1. The summed E-state index contributed by atoms with van der Waals surface area (Å²) in [6, 6.07) is 1.99. The molecule has 0 radical (unpaired) electrons. The van der Waals surface area contributed by atoms with Crippen molar-refractivity contribution in [1.82, 2.24) is 24.6 Å². The minimum atomic E-state index is -0.342. The summed E-state index contributed by atoms with van der Waals surface area (Å²) in [5.41, 5.74) is 8.74. The van der Waals surface area contributed by atoms with E-state index in [9.17, 15) is 0 Å². The highest BCUT2D eigenvalue weighted by atomic mass is 35.5. The molecule has 6 nitrogen and oxygen atoms in total. The molecule has 0 atom stereocenters. The summed E-state index contributed by atoms with van der Waals surface area (Å²) in [6.45, 7) is 0. The van der Waals surface area contributed by atoms with Crippen molar-refractivity contribution in [2.24, 2.45) is 5.73 Å². The number of hydrogen-bond donors (Lipinski definition) is 2. The van der Waals surface area contributed by atoms with E-state index in [4.69, 9.17) is 5.73 Å². The summed E-state index contributed by atoms with van der Waals surface area (Å²) in [7, 11) is 0. The minimum absolute atomic E-state index is 0. The van der Waals surface area contributed by atoms with Gasteiger partial charge < -0.3 is 10.7 Å². The lowest BCUT2D eigenvalue weighted by molar-refractivity contribution is 0.429. The number of hydrogen-bond acceptors (Lipinski definition) is 4. The van der Waals surface area contributed by atoms with Crippen LogP contribution in [-0.4, -0.2) is 24.6 Å². The molecule has 1 fully saturated rings. The van der Waals surface area contributed by atoms with Gasteiger partial charge in [0.1, 0.15) is 0 Å². The lowest BCUT2D eigenvalue weighted by Gasteiger charge is -2.21. The molecule has 0 aromatic carbocycles. The molecule has 1 aliphatic carbocycles. The first-order valence-corrected chi connectivity index (χ1v) is 6.24. The first-order chi connectivity index (χ1) is 8.78. The maximum absolute atomic E-state index is 6.50. The number of H-pyrrole nitrogens is 1. The van der Waals surface area contributed by atoms with Crippen molar-refractivity contribution in [3.05, 3.63) is 24.3 Å². The summed E-state index contributed by atoms with van der Waals surface area (Å²) in [5.74, 6) is 0.863. The molecule has 0 aliphatic heterocycles. The molecular weight excluding hydrogens is 264 g/mol. The molecule has 1 aliphatic rings. The van der Waals surface area contributed by atoms with Crippen LogP contribution in [0.4, 0.5) is 0 Å². The van der Waals surface area contributed by atoms with E-state index in [1.54, 1.807) is 6.20 Å². The van der Waals surface area contributed by atoms with Gasteiger partial charge in [-0.1, -0.05) is 12.8 Å². The Bertz CT molecular complexity index is 724. The SMILES string of the molecule is Cl.NC1(c2nnc3cnc4[nH]ccc4n23)CCCC1. The van der Waals surface area contributed by atoms with Crippen LogP contribution in [0.3, 0.4) is 0 Å². The molecule has 100 valence electrons. The number of nitrogens with zero attached hydrogens (tertiary/aromatic N) is 4. The summed E-state index contributed by atoms with van der Waals surface area (Å²) in [5, 5.41) is 8.51. The Morgan fingerprint density at radius 2 is 2.05 bits per heavy atom. The molecule has 0 saturated heterocycles. The lowest BCUT2D eigenvalue weighted by Crippen LogP contribution is -2.35. The molecule has 0 unspecified atom stereocenters. The zero-order valence-corrected chi connectivity index (χ0v) is 11.2. The number of nitrogens with one attached hydrogen (secondary N) is 1. The fourth-order valence-electron chi connectivity index (χ4n) is 2.93. The topological polar surface area (TPSA) is 84.9 Å². The van der Waals surface area contributed by atoms with E-state index >= 15 is 0 Å². The Morgan fingerprint density at radius 3 is 2.84 bits per heavy atom. The molecular formula is C12H15ClN6. The fraction of sp³-hybridized carbons (Fsp3) is 0.417. The van der Waals surface area contributed by atoms with Gasteiger partial charge in [-0.15, -0.1) is 22.6 Å². The van der Waals surface area contributed by atoms with E-state index in [0.29, 0.717) is 0 Å². The zero-order valence-electron chi connectivity index (χ0n) is 10.3. The van der Waals surface area contributed by atoms with Gasteiger partial charge in [-0.25, -0.2) is 4.98 Å². The van der Waals surface area contributed by atoms with Crippen LogP contribution in [0, 0.1) is 0 Å². The number of fused-ring (bicyclic) bond motifs is 3. The predicted octanol–water partition coefficient (Wildman–Crippen LogP) is 1.76. The molecule has 0 spiro atoms. The van der Waals surface area contributed by atoms with E-state index in [0.717, 1.165) is 48.3 Å². The summed E-state index contributed by atoms with van der Waals surface area (Å²) in [6.07, 6.45) is 7.87. The van der Waals surface area contributed by atoms with Gasteiger partial charge >= 0.3 is 0 Å². The van der Waals surface area contributed by atoms with Crippen molar-refractivity contribution in [3.8, 4) is 0 Å². The first-order valence-electron chi connectivity index (χ1n) is 6.24. The molecule has 4 rings (SSSR count). The smallest absolute Gasteiger partial charge is 0.180 e. The normalized spacial score (nSPS) is 17.9. The second-order valence-electron chi connectivity index (χ2n) is 5.05. The highest BCUT2D eigenvalue weighted by molar-refractivity contribution is 5.85. The third kappa shape index (κ3) is 1.63. The molecule has 0 bridgehead atoms. The molecule has 0 amide bonds. The third-order valence-corrected chi connectivity index (χ3v) is 3.88. The van der Waals surface area contributed by atoms with Crippen LogP contribution in [0.5, 0.6) is 0 Å². The molecule has 3 aromatic rings. The van der Waals surface area contributed by atoms with Crippen molar-refractivity contribution in [1.29, 1.82) is 0 Å². The third-order valence-electron chi connectivity index (χ3n) is 3.88. The van der Waals surface area contributed by atoms with Crippen LogP contribution in [0.25, 0.3) is 16.8 Å². The van der Waals surface area contributed by atoms with Crippen molar-refractivity contribution in [3.63, 3.8) is 0 Å². The van der Waals surface area contributed by atoms with Crippen LogP contribution in [0.1, 0.15) is 31.5 Å². The Kier molecular flexibility index (Phi) is 2.72. The Labute approximate surface area is 115 Å². The van der Waals surface area contributed by atoms with E-state index in [1.165, 1.54) is 0 Å². The standard InChI is InChI=1S/C12H14N6.ClH/c13-12(4-1-2-5-12)11-17-16-9-7-15-10-8(18(9)11)3-6-14-10;/h3,6-7,14H,1-2,4-5,13H2;1H. The molecule has 7 heteroatoms. The molecule has 3 aromatic heterocycles. The van der Waals surface area contributed by atoms with Crippen LogP contribution in [0.2, 0.25) is 0 Å². The van der Waals surface area contributed by atoms with Crippen LogP contribution in [-0.2, 0) is 5.54 Å². The molecule has 1 saturated carbocycles. The highest BCUT2D eigenvalue weighted by Crippen LogP contribution is 2.35. The second kappa shape index (κ2) is 4.18. The number of halogens is 1. The number of aromatic nitrogens is 5. The molecule has 3 N–H and O–H groups in total. The van der Waals surface area contributed by atoms with Gasteiger partial charge in [0.2, 0.25) is 0 Å². The van der Waals surface area contributed by atoms with Gasteiger partial charge in [0.25, 0.3) is 0 Å². The van der Waals surface area contributed by atoms with E-state index in [-0.39, 0.29) is 17.9 Å². The molecule has 3 heterocycles. The first kappa shape index (κ1) is 12.4. The van der Waals surface area contributed by atoms with Crippen molar-refractivity contribution in [2.75, 3.05) is 0 Å². The van der Waals surface area contributed by atoms with Crippen molar-refractivity contribution in [2.45, 2.75) is 31.2 Å². The Hall–Kier alpha value is -1.66. The van der Waals surface area contributed by atoms with Crippen molar-refractivity contribution < 1.29 is 0 Å². The quantitative estimate of drug-likeness (QED) is 0.710. The van der Waals surface area contributed by atoms with E-state index < -0.39 is 0 Å². The zero-order chi connectivity index (χ0) is 12.2. The van der Waals surface area contributed by atoms with Crippen molar-refractivity contribution >= 4 is 29.2 Å². The van der Waals surface area contributed by atoms with Gasteiger partial charge in [0.15, 0.2) is 17.1 Å². The maximum Gasteiger partial charge on any atom is 0.180 e. The van der Waals surface area contributed by atoms with Gasteiger partial charge in [-0.05, 0) is 18.9 Å². The summed E-state index contributed by atoms with van der Waals surface area (Å²) >= 11 is 0. The lowest BCUT2D eigenvalue weighted by atomic mass is 9.98. The summed E-state index contributed by atoms with van der Waals surface area (Å²) < 4.78 is 2.03. The van der Waals surface area contributed by atoms with Gasteiger partial charge in [-0.2, -0.15) is 0 Å². The van der Waals surface area contributed by atoms with Crippen LogP contribution >= 0.6 is 12.4 Å². The van der Waals surface area contributed by atoms with Gasteiger partial charge in [-0.3, -0.25) is 4.40 Å². The number of aromatic amines is 1. The summed E-state index contributed by atoms with van der Waals surface area (Å²) in [4.78, 5) is 7.42. The van der Waals surface area contributed by atoms with Crippen LogP contribution in [0.15, 0.2) is 18.5 Å². The maximum atomic E-state index is 6.50. The Morgan fingerprint density at radius 1 is 1.26 bits per heavy atom. The highest BCUT2D eigenvalue weighted by Gasteiger charge is 2.36. The minimum Gasteiger partial charge on any atom is -0.345 e. The van der Waals surface area contributed by atoms with E-state index in [2.05, 4.69) is 20.2 Å². The van der Waals surface area contributed by atoms with E-state index in [1.807, 2.05) is 16.7 Å².